The number of piperazine rings is 1. The van der Waals surface area contributed by atoms with E-state index in [-0.39, 0.29) is 6.03 Å². The molecule has 6 nitrogen and oxygen atoms in total. The molecule has 0 unspecified atom stereocenters. The highest BCUT2D eigenvalue weighted by molar-refractivity contribution is 9.10. The predicted octanol–water partition coefficient (Wildman–Crippen LogP) is 3.94. The number of urea groups is 1. The summed E-state index contributed by atoms with van der Waals surface area (Å²) in [7, 11) is 1.93. The maximum Gasteiger partial charge on any atom is 0.317 e. The van der Waals surface area contributed by atoms with E-state index in [9.17, 15) is 4.79 Å². The van der Waals surface area contributed by atoms with Crippen LogP contribution in [-0.4, -0.2) is 51.6 Å². The van der Waals surface area contributed by atoms with E-state index < -0.39 is 0 Å². The summed E-state index contributed by atoms with van der Waals surface area (Å²) in [5.74, 6) is 0. The average molecular weight is 474 g/mol. The summed E-state index contributed by atoms with van der Waals surface area (Å²) < 4.78 is 3.02. The summed E-state index contributed by atoms with van der Waals surface area (Å²) in [6.45, 7) is 4.73. The summed E-state index contributed by atoms with van der Waals surface area (Å²) >= 11 is 5.33. The monoisotopic (exact) mass is 473 g/mol. The molecule has 0 radical (unpaired) electrons. The average Bonchev–Trinajstić information content (AvgIpc) is 3.36. The molecule has 1 aliphatic rings. The summed E-state index contributed by atoms with van der Waals surface area (Å²) in [5, 5.41) is 2.99. The molecular weight excluding hydrogens is 450 g/mol. The number of carbonyl (C=O) groups excluding carboxylic acids is 1. The standard InChI is InChI=1S/C21H24BrN5OS/c1-25-15-23-12-18(25)13-24-21(28)27-10-8-26(9-11-27)14-19-6-7-20(29-19)16-2-4-17(22)5-3-16/h2-7,12,15H,8-11,13-14H2,1H3,(H,24,28). The second kappa shape index (κ2) is 9.11. The topological polar surface area (TPSA) is 53.4 Å². The summed E-state index contributed by atoms with van der Waals surface area (Å²) in [5.41, 5.74) is 2.25. The zero-order chi connectivity index (χ0) is 20.2. The zero-order valence-electron chi connectivity index (χ0n) is 16.3. The largest absolute Gasteiger partial charge is 0.336 e. The molecule has 0 saturated carbocycles. The fraction of sp³-hybridized carbons (Fsp3) is 0.333. The highest BCUT2D eigenvalue weighted by Gasteiger charge is 2.21. The number of aryl methyl sites for hydroxylation is 1. The van der Waals surface area contributed by atoms with E-state index in [1.54, 1.807) is 12.5 Å². The van der Waals surface area contributed by atoms with Crippen molar-refractivity contribution in [1.82, 2.24) is 24.7 Å². The van der Waals surface area contributed by atoms with Gasteiger partial charge < -0.3 is 14.8 Å². The van der Waals surface area contributed by atoms with Crippen LogP contribution in [-0.2, 0) is 20.1 Å². The molecule has 0 atom stereocenters. The molecule has 3 aromatic rings. The first-order chi connectivity index (χ1) is 14.1. The first kappa shape index (κ1) is 20.1. The SMILES string of the molecule is Cn1cncc1CNC(=O)N1CCN(Cc2ccc(-c3ccc(Br)cc3)s2)CC1. The molecule has 1 N–H and O–H groups in total. The smallest absolute Gasteiger partial charge is 0.317 e. The van der Waals surface area contributed by atoms with Crippen LogP contribution in [0.15, 0.2) is 53.4 Å². The van der Waals surface area contributed by atoms with Crippen molar-refractivity contribution >= 4 is 33.3 Å². The highest BCUT2D eigenvalue weighted by atomic mass is 79.9. The third-order valence-electron chi connectivity index (χ3n) is 5.17. The summed E-state index contributed by atoms with van der Waals surface area (Å²) in [4.78, 5) is 23.5. The number of rotatable bonds is 5. The number of halogens is 1. The van der Waals surface area contributed by atoms with Crippen molar-refractivity contribution in [2.24, 2.45) is 7.05 Å². The Hall–Kier alpha value is -2.16. The molecule has 2 aromatic heterocycles. The van der Waals surface area contributed by atoms with Crippen molar-refractivity contribution in [3.05, 3.63) is 64.0 Å². The van der Waals surface area contributed by atoms with Gasteiger partial charge in [-0.2, -0.15) is 0 Å². The lowest BCUT2D eigenvalue weighted by Gasteiger charge is -2.34. The number of aromatic nitrogens is 2. The molecule has 1 aromatic carbocycles. The molecule has 4 rings (SSSR count). The Labute approximate surface area is 183 Å². The Morgan fingerprint density at radius 3 is 2.59 bits per heavy atom. The Kier molecular flexibility index (Phi) is 6.32. The second-order valence-electron chi connectivity index (χ2n) is 7.19. The number of imidazole rings is 1. The van der Waals surface area contributed by atoms with Gasteiger partial charge in [-0.25, -0.2) is 9.78 Å². The zero-order valence-corrected chi connectivity index (χ0v) is 18.7. The van der Waals surface area contributed by atoms with Crippen LogP contribution in [0.5, 0.6) is 0 Å². The van der Waals surface area contributed by atoms with Gasteiger partial charge in [0.2, 0.25) is 0 Å². The molecule has 1 saturated heterocycles. The van der Waals surface area contributed by atoms with Crippen LogP contribution in [0.4, 0.5) is 4.79 Å². The molecule has 1 fully saturated rings. The van der Waals surface area contributed by atoms with Crippen molar-refractivity contribution in [2.75, 3.05) is 26.2 Å². The van der Waals surface area contributed by atoms with E-state index in [0.29, 0.717) is 6.54 Å². The van der Waals surface area contributed by atoms with Crippen LogP contribution in [0.2, 0.25) is 0 Å². The fourth-order valence-corrected chi connectivity index (χ4v) is 4.71. The van der Waals surface area contributed by atoms with Crippen molar-refractivity contribution in [3.63, 3.8) is 0 Å². The number of hydrogen-bond acceptors (Lipinski definition) is 4. The lowest BCUT2D eigenvalue weighted by atomic mass is 10.2. The van der Waals surface area contributed by atoms with Gasteiger partial charge in [-0.1, -0.05) is 28.1 Å². The van der Waals surface area contributed by atoms with Crippen molar-refractivity contribution in [3.8, 4) is 10.4 Å². The third kappa shape index (κ3) is 5.07. The van der Waals surface area contributed by atoms with Crippen LogP contribution in [0.1, 0.15) is 10.6 Å². The van der Waals surface area contributed by atoms with Crippen LogP contribution >= 0.6 is 27.3 Å². The van der Waals surface area contributed by atoms with E-state index in [2.05, 4.69) is 67.5 Å². The van der Waals surface area contributed by atoms with Gasteiger partial charge in [-0.15, -0.1) is 11.3 Å². The van der Waals surface area contributed by atoms with Gasteiger partial charge in [0.05, 0.1) is 18.6 Å². The molecule has 0 spiro atoms. The van der Waals surface area contributed by atoms with Gasteiger partial charge >= 0.3 is 6.03 Å². The minimum atomic E-state index is -0.000465. The molecule has 8 heteroatoms. The lowest BCUT2D eigenvalue weighted by Crippen LogP contribution is -2.51. The predicted molar refractivity (Wildman–Crippen MR) is 120 cm³/mol. The van der Waals surface area contributed by atoms with E-state index in [1.807, 2.05) is 27.9 Å². The molecule has 29 heavy (non-hydrogen) atoms. The van der Waals surface area contributed by atoms with E-state index in [4.69, 9.17) is 0 Å². The molecule has 1 aliphatic heterocycles. The van der Waals surface area contributed by atoms with Gasteiger partial charge in [0, 0.05) is 60.2 Å². The Morgan fingerprint density at radius 1 is 1.14 bits per heavy atom. The van der Waals surface area contributed by atoms with Gasteiger partial charge in [-0.3, -0.25) is 4.90 Å². The molecular formula is C21H24BrN5OS. The Bertz CT molecular complexity index is 960. The van der Waals surface area contributed by atoms with Crippen molar-refractivity contribution in [2.45, 2.75) is 13.1 Å². The van der Waals surface area contributed by atoms with E-state index >= 15 is 0 Å². The van der Waals surface area contributed by atoms with Crippen LogP contribution in [0.3, 0.4) is 0 Å². The highest BCUT2D eigenvalue weighted by Crippen LogP contribution is 2.30. The number of thiophene rings is 1. The van der Waals surface area contributed by atoms with E-state index in [1.165, 1.54) is 15.3 Å². The van der Waals surface area contributed by atoms with Gasteiger partial charge in [0.25, 0.3) is 0 Å². The van der Waals surface area contributed by atoms with Crippen molar-refractivity contribution in [1.29, 1.82) is 0 Å². The van der Waals surface area contributed by atoms with Crippen molar-refractivity contribution < 1.29 is 4.79 Å². The third-order valence-corrected chi connectivity index (χ3v) is 6.81. The number of nitrogens with one attached hydrogen (secondary N) is 1. The Balaban J connectivity index is 1.25. The fourth-order valence-electron chi connectivity index (χ4n) is 3.39. The first-order valence-corrected chi connectivity index (χ1v) is 11.2. The molecule has 2 amide bonds. The van der Waals surface area contributed by atoms with E-state index in [0.717, 1.165) is 42.9 Å². The number of nitrogens with zero attached hydrogens (tertiary/aromatic N) is 4. The number of carbonyl (C=O) groups is 1. The number of hydrogen-bond donors (Lipinski definition) is 1. The molecule has 0 bridgehead atoms. The van der Waals surface area contributed by atoms with Crippen LogP contribution < -0.4 is 5.32 Å². The molecule has 0 aliphatic carbocycles. The number of amides is 2. The Morgan fingerprint density at radius 2 is 1.90 bits per heavy atom. The van der Waals surface area contributed by atoms with Gasteiger partial charge in [0.15, 0.2) is 0 Å². The van der Waals surface area contributed by atoms with Gasteiger partial charge in [0.1, 0.15) is 0 Å². The maximum atomic E-state index is 12.4. The summed E-state index contributed by atoms with van der Waals surface area (Å²) in [6.07, 6.45) is 3.52. The first-order valence-electron chi connectivity index (χ1n) is 9.63. The minimum Gasteiger partial charge on any atom is -0.336 e. The molecule has 3 heterocycles. The van der Waals surface area contributed by atoms with Gasteiger partial charge in [-0.05, 0) is 29.8 Å². The minimum absolute atomic E-state index is 0.000465. The van der Waals surface area contributed by atoms with Crippen LogP contribution in [0.25, 0.3) is 10.4 Å². The second-order valence-corrected chi connectivity index (χ2v) is 9.27. The normalized spacial score (nSPS) is 14.9. The quantitative estimate of drug-likeness (QED) is 0.610. The molecule has 152 valence electrons. The number of benzene rings is 1. The lowest BCUT2D eigenvalue weighted by molar-refractivity contribution is 0.135. The summed E-state index contributed by atoms with van der Waals surface area (Å²) in [6, 6.07) is 12.9. The van der Waals surface area contributed by atoms with Crippen LogP contribution in [0, 0.1) is 0 Å². The maximum absolute atomic E-state index is 12.4.